The van der Waals surface area contributed by atoms with E-state index in [1.807, 2.05) is 6.26 Å². The van der Waals surface area contributed by atoms with Crippen LogP contribution < -0.4 is 10.5 Å². The van der Waals surface area contributed by atoms with Crippen molar-refractivity contribution in [1.29, 1.82) is 0 Å². The van der Waals surface area contributed by atoms with Crippen molar-refractivity contribution >= 4 is 43.4 Å². The van der Waals surface area contributed by atoms with Crippen LogP contribution in [0, 0.1) is 6.92 Å². The van der Waals surface area contributed by atoms with Gasteiger partial charge in [0.2, 0.25) is 10.0 Å². The molecule has 18 heavy (non-hydrogen) atoms. The van der Waals surface area contributed by atoms with Crippen LogP contribution in [0.15, 0.2) is 21.5 Å². The normalized spacial score (nSPS) is 11.7. The number of nitrogens with one attached hydrogen (secondary N) is 1. The van der Waals surface area contributed by atoms with Crippen LogP contribution in [0.25, 0.3) is 0 Å². The van der Waals surface area contributed by atoms with E-state index in [9.17, 15) is 8.42 Å². The van der Waals surface area contributed by atoms with Crippen molar-refractivity contribution in [1.82, 2.24) is 4.72 Å². The molecule has 1 aromatic rings. The first-order valence-corrected chi connectivity index (χ1v) is 9.09. The summed E-state index contributed by atoms with van der Waals surface area (Å²) in [4.78, 5) is 0.235. The third-order valence-corrected chi connectivity index (χ3v) is 5.21. The molecule has 102 valence electrons. The fourth-order valence-corrected chi connectivity index (χ4v) is 3.89. The zero-order valence-electron chi connectivity index (χ0n) is 10.4. The summed E-state index contributed by atoms with van der Waals surface area (Å²) >= 11 is 4.95. The maximum absolute atomic E-state index is 12.1. The van der Waals surface area contributed by atoms with Gasteiger partial charge in [-0.15, -0.1) is 0 Å². The van der Waals surface area contributed by atoms with Crippen molar-refractivity contribution < 1.29 is 8.42 Å². The predicted molar refractivity (Wildman–Crippen MR) is 81.5 cm³/mol. The van der Waals surface area contributed by atoms with Crippen molar-refractivity contribution in [2.45, 2.75) is 18.2 Å². The van der Waals surface area contributed by atoms with Gasteiger partial charge in [0.05, 0.1) is 4.90 Å². The number of nitrogen functional groups attached to an aromatic ring is 1. The average Bonchev–Trinajstić information content (AvgIpc) is 2.29. The standard InChI is InChI=1S/C11H17BrN2O2S2/c1-8-10(13)6-9(12)7-11(8)18(15,16)14-4-3-5-17-2/h6-7,14H,3-5,13H2,1-2H3. The van der Waals surface area contributed by atoms with E-state index < -0.39 is 10.0 Å². The van der Waals surface area contributed by atoms with Crippen LogP contribution in [-0.4, -0.2) is 27.0 Å². The van der Waals surface area contributed by atoms with Crippen molar-refractivity contribution in [3.63, 3.8) is 0 Å². The highest BCUT2D eigenvalue weighted by molar-refractivity contribution is 9.10. The number of anilines is 1. The van der Waals surface area contributed by atoms with Crippen LogP contribution in [-0.2, 0) is 10.0 Å². The quantitative estimate of drug-likeness (QED) is 0.608. The molecule has 0 spiro atoms. The molecule has 1 aromatic carbocycles. The Balaban J connectivity index is 2.91. The summed E-state index contributed by atoms with van der Waals surface area (Å²) in [5.74, 6) is 0.933. The summed E-state index contributed by atoms with van der Waals surface area (Å²) in [5, 5.41) is 0. The molecule has 0 aliphatic heterocycles. The first-order valence-electron chi connectivity index (χ1n) is 5.42. The van der Waals surface area contributed by atoms with Gasteiger partial charge in [0.15, 0.2) is 0 Å². The molecule has 0 bridgehead atoms. The molecule has 0 saturated carbocycles. The number of thioether (sulfide) groups is 1. The molecule has 3 N–H and O–H groups in total. The Bertz CT molecular complexity index is 518. The van der Waals surface area contributed by atoms with Gasteiger partial charge in [0, 0.05) is 16.7 Å². The van der Waals surface area contributed by atoms with E-state index in [4.69, 9.17) is 5.73 Å². The molecule has 0 radical (unpaired) electrons. The van der Waals surface area contributed by atoms with Crippen LogP contribution in [0.2, 0.25) is 0 Å². The van der Waals surface area contributed by atoms with Crippen LogP contribution in [0.1, 0.15) is 12.0 Å². The van der Waals surface area contributed by atoms with Crippen LogP contribution >= 0.6 is 27.7 Å². The second-order valence-electron chi connectivity index (χ2n) is 3.86. The molecule has 0 unspecified atom stereocenters. The lowest BCUT2D eigenvalue weighted by atomic mass is 10.2. The van der Waals surface area contributed by atoms with Gasteiger partial charge in [-0.25, -0.2) is 13.1 Å². The first-order chi connectivity index (χ1) is 8.38. The number of hydrogen-bond donors (Lipinski definition) is 2. The Hall–Kier alpha value is -0.240. The zero-order valence-corrected chi connectivity index (χ0v) is 13.6. The minimum atomic E-state index is -3.49. The van der Waals surface area contributed by atoms with E-state index in [1.54, 1.807) is 30.8 Å². The molecule has 0 heterocycles. The average molecular weight is 353 g/mol. The van der Waals surface area contributed by atoms with Gasteiger partial charge in [-0.1, -0.05) is 15.9 Å². The van der Waals surface area contributed by atoms with E-state index in [0.717, 1.165) is 12.2 Å². The van der Waals surface area contributed by atoms with Gasteiger partial charge >= 0.3 is 0 Å². The lowest BCUT2D eigenvalue weighted by Gasteiger charge is -2.11. The Morgan fingerprint density at radius 3 is 2.72 bits per heavy atom. The minimum Gasteiger partial charge on any atom is -0.398 e. The van der Waals surface area contributed by atoms with Gasteiger partial charge in [-0.05, 0) is 43.0 Å². The van der Waals surface area contributed by atoms with Crippen molar-refractivity contribution in [2.24, 2.45) is 0 Å². The number of nitrogens with two attached hydrogens (primary N) is 1. The number of halogens is 1. The maximum Gasteiger partial charge on any atom is 0.240 e. The summed E-state index contributed by atoms with van der Waals surface area (Å²) in [6.07, 6.45) is 2.80. The van der Waals surface area contributed by atoms with Gasteiger partial charge < -0.3 is 5.73 Å². The van der Waals surface area contributed by atoms with Crippen LogP contribution in [0.4, 0.5) is 5.69 Å². The Labute approximate surface area is 121 Å². The molecular weight excluding hydrogens is 336 g/mol. The van der Waals surface area contributed by atoms with Gasteiger partial charge in [0.25, 0.3) is 0 Å². The van der Waals surface area contributed by atoms with Gasteiger partial charge in [0.1, 0.15) is 0 Å². The predicted octanol–water partition coefficient (Wildman–Crippen LogP) is 2.37. The summed E-state index contributed by atoms with van der Waals surface area (Å²) in [6.45, 7) is 2.15. The molecule has 0 aliphatic rings. The smallest absolute Gasteiger partial charge is 0.240 e. The van der Waals surface area contributed by atoms with Crippen molar-refractivity contribution in [2.75, 3.05) is 24.3 Å². The Kier molecular flexibility index (Phi) is 5.97. The number of sulfonamides is 1. The number of benzene rings is 1. The van der Waals surface area contributed by atoms with E-state index >= 15 is 0 Å². The number of rotatable bonds is 6. The van der Waals surface area contributed by atoms with Gasteiger partial charge in [-0.2, -0.15) is 11.8 Å². The van der Waals surface area contributed by atoms with E-state index in [2.05, 4.69) is 20.7 Å². The Morgan fingerprint density at radius 1 is 1.44 bits per heavy atom. The second kappa shape index (κ2) is 6.79. The molecule has 0 amide bonds. The highest BCUT2D eigenvalue weighted by atomic mass is 79.9. The topological polar surface area (TPSA) is 72.2 Å². The molecular formula is C11H17BrN2O2S2. The van der Waals surface area contributed by atoms with E-state index in [1.165, 1.54) is 0 Å². The van der Waals surface area contributed by atoms with Crippen LogP contribution in [0.3, 0.4) is 0 Å². The second-order valence-corrected chi connectivity index (χ2v) is 7.50. The molecule has 7 heteroatoms. The largest absolute Gasteiger partial charge is 0.398 e. The summed E-state index contributed by atoms with van der Waals surface area (Å²) < 4.78 is 27.5. The third-order valence-electron chi connectivity index (χ3n) is 2.47. The SMILES string of the molecule is CSCCCNS(=O)(=O)c1cc(Br)cc(N)c1C. The fraction of sp³-hybridized carbons (Fsp3) is 0.455. The third kappa shape index (κ3) is 4.15. The highest BCUT2D eigenvalue weighted by Crippen LogP contribution is 2.26. The molecule has 1 rings (SSSR count). The fourth-order valence-electron chi connectivity index (χ4n) is 1.45. The lowest BCUT2D eigenvalue weighted by Crippen LogP contribution is -2.26. The first kappa shape index (κ1) is 15.8. The van der Waals surface area contributed by atoms with Crippen molar-refractivity contribution in [3.05, 3.63) is 22.2 Å². The maximum atomic E-state index is 12.1. The Morgan fingerprint density at radius 2 is 2.11 bits per heavy atom. The summed E-state index contributed by atoms with van der Waals surface area (Å²) in [5.41, 5.74) is 6.81. The number of hydrogen-bond acceptors (Lipinski definition) is 4. The van der Waals surface area contributed by atoms with Crippen molar-refractivity contribution in [3.8, 4) is 0 Å². The van der Waals surface area contributed by atoms with Crippen LogP contribution in [0.5, 0.6) is 0 Å². The van der Waals surface area contributed by atoms with Gasteiger partial charge in [-0.3, -0.25) is 0 Å². The molecule has 0 atom stereocenters. The molecule has 0 fully saturated rings. The van der Waals surface area contributed by atoms with E-state index in [-0.39, 0.29) is 4.90 Å². The molecule has 4 nitrogen and oxygen atoms in total. The molecule has 0 saturated heterocycles. The molecule has 0 aliphatic carbocycles. The lowest BCUT2D eigenvalue weighted by molar-refractivity contribution is 0.580. The molecule has 0 aromatic heterocycles. The zero-order chi connectivity index (χ0) is 13.8. The summed E-state index contributed by atoms with van der Waals surface area (Å²) in [6, 6.07) is 3.27. The van der Waals surface area contributed by atoms with E-state index in [0.29, 0.717) is 22.3 Å². The monoisotopic (exact) mass is 352 g/mol. The minimum absolute atomic E-state index is 0.235. The highest BCUT2D eigenvalue weighted by Gasteiger charge is 2.18. The summed E-state index contributed by atoms with van der Waals surface area (Å²) in [7, 11) is -3.49.